The van der Waals surface area contributed by atoms with Crippen molar-refractivity contribution in [3.8, 4) is 5.75 Å². The first kappa shape index (κ1) is 13.4. The van der Waals surface area contributed by atoms with E-state index in [-0.39, 0.29) is 6.04 Å². The monoisotopic (exact) mass is 247 g/mol. The number of hydrogen-bond donors (Lipinski definition) is 2. The summed E-state index contributed by atoms with van der Waals surface area (Å²) in [6.07, 6.45) is 3.58. The van der Waals surface area contributed by atoms with Gasteiger partial charge in [0, 0.05) is 17.6 Å². The summed E-state index contributed by atoms with van der Waals surface area (Å²) < 4.78 is 0. The van der Waals surface area contributed by atoms with Crippen LogP contribution in [0.1, 0.15) is 51.6 Å². The Morgan fingerprint density at radius 1 is 1.28 bits per heavy atom. The largest absolute Gasteiger partial charge is 0.508 e. The van der Waals surface area contributed by atoms with Gasteiger partial charge in [-0.25, -0.2) is 0 Å². The predicted molar refractivity (Wildman–Crippen MR) is 75.6 cm³/mol. The molecule has 100 valence electrons. The van der Waals surface area contributed by atoms with Crippen LogP contribution in [0.5, 0.6) is 5.75 Å². The maximum Gasteiger partial charge on any atom is 0.120 e. The van der Waals surface area contributed by atoms with E-state index in [0.29, 0.717) is 11.8 Å². The minimum Gasteiger partial charge on any atom is -0.508 e. The van der Waals surface area contributed by atoms with E-state index in [1.54, 1.807) is 6.07 Å². The van der Waals surface area contributed by atoms with Gasteiger partial charge in [-0.1, -0.05) is 39.0 Å². The third-order valence-corrected chi connectivity index (χ3v) is 4.60. The zero-order chi connectivity index (χ0) is 13.1. The minimum absolute atomic E-state index is 0.268. The highest BCUT2D eigenvalue weighted by atomic mass is 16.3. The molecule has 4 atom stereocenters. The van der Waals surface area contributed by atoms with E-state index >= 15 is 0 Å². The summed E-state index contributed by atoms with van der Waals surface area (Å²) in [7, 11) is 0. The van der Waals surface area contributed by atoms with Crippen LogP contribution in [-0.4, -0.2) is 11.1 Å². The molecule has 0 spiro atoms. The number of para-hydroxylation sites is 1. The molecule has 0 aromatic heterocycles. The molecule has 2 heteroatoms. The van der Waals surface area contributed by atoms with Crippen molar-refractivity contribution in [3.05, 3.63) is 29.8 Å². The molecule has 1 aromatic rings. The third kappa shape index (κ3) is 2.69. The third-order valence-electron chi connectivity index (χ3n) is 4.60. The molecule has 2 nitrogen and oxygen atoms in total. The first-order chi connectivity index (χ1) is 8.63. The van der Waals surface area contributed by atoms with Gasteiger partial charge < -0.3 is 10.4 Å². The molecule has 4 unspecified atom stereocenters. The molecule has 0 bridgehead atoms. The number of phenols is 1. The quantitative estimate of drug-likeness (QED) is 0.846. The summed E-state index contributed by atoms with van der Waals surface area (Å²) in [6.45, 7) is 6.85. The Morgan fingerprint density at radius 3 is 2.56 bits per heavy atom. The van der Waals surface area contributed by atoms with Crippen molar-refractivity contribution in [2.75, 3.05) is 0 Å². The van der Waals surface area contributed by atoms with E-state index in [1.165, 1.54) is 12.8 Å². The van der Waals surface area contributed by atoms with Gasteiger partial charge in [0.1, 0.15) is 5.75 Å². The van der Waals surface area contributed by atoms with Gasteiger partial charge in [-0.15, -0.1) is 0 Å². The van der Waals surface area contributed by atoms with Crippen molar-refractivity contribution < 1.29 is 5.11 Å². The van der Waals surface area contributed by atoms with E-state index in [9.17, 15) is 5.11 Å². The van der Waals surface area contributed by atoms with Gasteiger partial charge in [-0.2, -0.15) is 0 Å². The SMILES string of the molecule is CCC(NC1CCC(C)C1C)c1ccccc1O. The fourth-order valence-corrected chi connectivity index (χ4v) is 3.07. The number of rotatable bonds is 4. The molecule has 1 saturated carbocycles. The predicted octanol–water partition coefficient (Wildman–Crippen LogP) is 3.87. The molecule has 2 N–H and O–H groups in total. The molecule has 1 aliphatic carbocycles. The Bertz CT molecular complexity index is 390. The van der Waals surface area contributed by atoms with Gasteiger partial charge in [-0.05, 0) is 37.2 Å². The van der Waals surface area contributed by atoms with Crippen molar-refractivity contribution in [1.82, 2.24) is 5.32 Å². The Morgan fingerprint density at radius 2 is 2.00 bits per heavy atom. The minimum atomic E-state index is 0.268. The van der Waals surface area contributed by atoms with Crippen molar-refractivity contribution in [2.24, 2.45) is 11.8 Å². The first-order valence-corrected chi connectivity index (χ1v) is 7.17. The van der Waals surface area contributed by atoms with Crippen LogP contribution >= 0.6 is 0 Å². The van der Waals surface area contributed by atoms with Crippen LogP contribution in [0, 0.1) is 11.8 Å². The molecule has 18 heavy (non-hydrogen) atoms. The zero-order valence-electron chi connectivity index (χ0n) is 11.7. The Kier molecular flexibility index (Phi) is 4.28. The van der Waals surface area contributed by atoms with Gasteiger partial charge in [0.15, 0.2) is 0 Å². The highest BCUT2D eigenvalue weighted by Crippen LogP contribution is 2.34. The lowest BCUT2D eigenvalue weighted by atomic mass is 9.95. The molecule has 1 fully saturated rings. The summed E-state index contributed by atoms with van der Waals surface area (Å²) >= 11 is 0. The van der Waals surface area contributed by atoms with Crippen LogP contribution in [0.3, 0.4) is 0 Å². The van der Waals surface area contributed by atoms with Gasteiger partial charge in [0.2, 0.25) is 0 Å². The topological polar surface area (TPSA) is 32.3 Å². The molecule has 0 heterocycles. The Labute approximate surface area is 110 Å². The number of nitrogens with one attached hydrogen (secondary N) is 1. The highest BCUT2D eigenvalue weighted by Gasteiger charge is 2.31. The van der Waals surface area contributed by atoms with E-state index in [4.69, 9.17) is 0 Å². The average Bonchev–Trinajstić information content (AvgIpc) is 2.68. The highest BCUT2D eigenvalue weighted by molar-refractivity contribution is 5.34. The van der Waals surface area contributed by atoms with Crippen LogP contribution in [0.4, 0.5) is 0 Å². The molecule has 1 aliphatic rings. The van der Waals surface area contributed by atoms with Crippen molar-refractivity contribution in [1.29, 1.82) is 0 Å². The summed E-state index contributed by atoms with van der Waals surface area (Å²) in [5.74, 6) is 1.95. The first-order valence-electron chi connectivity index (χ1n) is 7.17. The van der Waals surface area contributed by atoms with Crippen LogP contribution in [0.2, 0.25) is 0 Å². The fourth-order valence-electron chi connectivity index (χ4n) is 3.07. The van der Waals surface area contributed by atoms with E-state index in [0.717, 1.165) is 23.8 Å². The molecule has 2 rings (SSSR count). The molecule has 0 aliphatic heterocycles. The Balaban J connectivity index is 2.09. The second-order valence-electron chi connectivity index (χ2n) is 5.71. The van der Waals surface area contributed by atoms with E-state index in [1.807, 2.05) is 18.2 Å². The lowest BCUT2D eigenvalue weighted by molar-refractivity contribution is 0.330. The maximum absolute atomic E-state index is 9.96. The summed E-state index contributed by atoms with van der Waals surface area (Å²) in [5, 5.41) is 13.7. The van der Waals surface area contributed by atoms with Crippen LogP contribution in [0.15, 0.2) is 24.3 Å². The van der Waals surface area contributed by atoms with Gasteiger partial charge >= 0.3 is 0 Å². The Hall–Kier alpha value is -1.02. The van der Waals surface area contributed by atoms with Crippen molar-refractivity contribution in [3.63, 3.8) is 0 Å². The lowest BCUT2D eigenvalue weighted by Crippen LogP contribution is -2.35. The second-order valence-corrected chi connectivity index (χ2v) is 5.71. The van der Waals surface area contributed by atoms with E-state index in [2.05, 4.69) is 26.1 Å². The summed E-state index contributed by atoms with van der Waals surface area (Å²) in [4.78, 5) is 0. The second kappa shape index (κ2) is 5.75. The van der Waals surface area contributed by atoms with Crippen LogP contribution < -0.4 is 5.32 Å². The van der Waals surface area contributed by atoms with Gasteiger partial charge in [-0.3, -0.25) is 0 Å². The molecular formula is C16H25NO. The molecule has 0 radical (unpaired) electrons. The average molecular weight is 247 g/mol. The molecule has 0 amide bonds. The molecule has 0 saturated heterocycles. The van der Waals surface area contributed by atoms with Gasteiger partial charge in [0.25, 0.3) is 0 Å². The molecule has 1 aromatic carbocycles. The lowest BCUT2D eigenvalue weighted by Gasteiger charge is -2.26. The number of hydrogen-bond acceptors (Lipinski definition) is 2. The van der Waals surface area contributed by atoms with Crippen molar-refractivity contribution >= 4 is 0 Å². The van der Waals surface area contributed by atoms with Gasteiger partial charge in [0.05, 0.1) is 0 Å². The summed E-state index contributed by atoms with van der Waals surface area (Å²) in [5.41, 5.74) is 1.03. The maximum atomic E-state index is 9.96. The smallest absolute Gasteiger partial charge is 0.120 e. The van der Waals surface area contributed by atoms with E-state index < -0.39 is 0 Å². The number of phenolic OH excluding ortho intramolecular Hbond substituents is 1. The fraction of sp³-hybridized carbons (Fsp3) is 0.625. The number of benzene rings is 1. The standard InChI is InChI=1S/C16H25NO/c1-4-14(13-7-5-6-8-16(13)18)17-15-10-9-11(2)12(15)3/h5-8,11-12,14-15,17-18H,4,9-10H2,1-3H3. The van der Waals surface area contributed by atoms with Crippen molar-refractivity contribution in [2.45, 2.75) is 52.1 Å². The normalized spacial score (nSPS) is 29.4. The summed E-state index contributed by atoms with van der Waals surface area (Å²) in [6, 6.07) is 8.54. The number of aromatic hydroxyl groups is 1. The van der Waals surface area contributed by atoms with Crippen LogP contribution in [0.25, 0.3) is 0 Å². The molecular weight excluding hydrogens is 222 g/mol. The van der Waals surface area contributed by atoms with Crippen LogP contribution in [-0.2, 0) is 0 Å². The zero-order valence-corrected chi connectivity index (χ0v) is 11.7.